The number of carbonyl (C=O) groups is 1. The normalized spacial score (nSPS) is 18.9. The van der Waals surface area contributed by atoms with Gasteiger partial charge < -0.3 is 9.64 Å². The Bertz CT molecular complexity index is 533. The molecule has 21 heavy (non-hydrogen) atoms. The maximum atomic E-state index is 12.7. The molecule has 3 nitrogen and oxygen atoms in total. The third kappa shape index (κ3) is 3.51. The summed E-state index contributed by atoms with van der Waals surface area (Å²) in [6.45, 7) is 2.63. The zero-order valence-corrected chi connectivity index (χ0v) is 13.0. The van der Waals surface area contributed by atoms with E-state index in [0.717, 1.165) is 18.6 Å². The third-order valence-electron chi connectivity index (χ3n) is 3.40. The van der Waals surface area contributed by atoms with E-state index in [-0.39, 0.29) is 12.6 Å². The Morgan fingerprint density at radius 3 is 2.76 bits per heavy atom. The molecule has 0 aromatic heterocycles. The molecule has 0 spiro atoms. The van der Waals surface area contributed by atoms with Gasteiger partial charge in [-0.2, -0.15) is 13.2 Å². The Balaban J connectivity index is 2.27. The minimum atomic E-state index is -4.38. The Morgan fingerprint density at radius 2 is 2.19 bits per heavy atom. The Hall–Kier alpha value is -1.24. The lowest BCUT2D eigenvalue weighted by atomic mass is 10.1. The van der Waals surface area contributed by atoms with Crippen molar-refractivity contribution < 1.29 is 22.7 Å². The topological polar surface area (TPSA) is 29.5 Å². The van der Waals surface area contributed by atoms with E-state index in [4.69, 9.17) is 4.74 Å². The maximum Gasteiger partial charge on any atom is 0.416 e. The lowest BCUT2D eigenvalue weighted by molar-refractivity contribution is -0.144. The van der Waals surface area contributed by atoms with Crippen LogP contribution in [0.5, 0.6) is 0 Å². The second kappa shape index (κ2) is 6.25. The van der Waals surface area contributed by atoms with Gasteiger partial charge in [-0.1, -0.05) is 0 Å². The third-order valence-corrected chi connectivity index (χ3v) is 4.03. The van der Waals surface area contributed by atoms with Crippen LogP contribution in [-0.4, -0.2) is 25.2 Å². The van der Waals surface area contributed by atoms with E-state index in [1.54, 1.807) is 11.8 Å². The zero-order valence-electron chi connectivity index (χ0n) is 11.4. The number of benzene rings is 1. The highest BCUT2D eigenvalue weighted by atomic mass is 79.9. The fourth-order valence-electron chi connectivity index (χ4n) is 2.45. The molecular weight excluding hydrogens is 351 g/mol. The van der Waals surface area contributed by atoms with E-state index in [1.165, 1.54) is 6.07 Å². The van der Waals surface area contributed by atoms with E-state index in [2.05, 4.69) is 15.9 Å². The van der Waals surface area contributed by atoms with Crippen molar-refractivity contribution in [1.82, 2.24) is 0 Å². The monoisotopic (exact) mass is 365 g/mol. The minimum absolute atomic E-state index is 0.289. The number of halogens is 4. The van der Waals surface area contributed by atoms with Crippen LogP contribution in [0.25, 0.3) is 0 Å². The predicted octanol–water partition coefficient (Wildman–Crippen LogP) is 4.00. The lowest BCUT2D eigenvalue weighted by Crippen LogP contribution is -2.37. The second-order valence-electron chi connectivity index (χ2n) is 4.77. The number of anilines is 1. The van der Waals surface area contributed by atoms with E-state index in [1.807, 2.05) is 0 Å². The van der Waals surface area contributed by atoms with Gasteiger partial charge in [0.15, 0.2) is 0 Å². The highest BCUT2D eigenvalue weighted by Gasteiger charge is 2.35. The van der Waals surface area contributed by atoms with Gasteiger partial charge in [0.2, 0.25) is 0 Å². The van der Waals surface area contributed by atoms with Crippen molar-refractivity contribution in [1.29, 1.82) is 0 Å². The van der Waals surface area contributed by atoms with E-state index < -0.39 is 17.8 Å². The summed E-state index contributed by atoms with van der Waals surface area (Å²) in [7, 11) is 0. The van der Waals surface area contributed by atoms with Crippen LogP contribution >= 0.6 is 15.9 Å². The van der Waals surface area contributed by atoms with E-state index in [0.29, 0.717) is 23.1 Å². The van der Waals surface area contributed by atoms with Gasteiger partial charge in [-0.05, 0) is 53.9 Å². The molecule has 1 aliphatic heterocycles. The van der Waals surface area contributed by atoms with Gasteiger partial charge in [0.1, 0.15) is 6.04 Å². The van der Waals surface area contributed by atoms with Crippen LogP contribution in [0.1, 0.15) is 25.3 Å². The van der Waals surface area contributed by atoms with E-state index in [9.17, 15) is 18.0 Å². The Morgan fingerprint density at radius 1 is 1.48 bits per heavy atom. The molecular formula is C14H15BrF3NO2. The molecule has 1 aliphatic rings. The Kier molecular flexibility index (Phi) is 4.81. The number of ether oxygens (including phenoxy) is 1. The number of alkyl halides is 3. The summed E-state index contributed by atoms with van der Waals surface area (Å²) in [5.41, 5.74) is -0.136. The maximum absolute atomic E-state index is 12.7. The number of hydrogen-bond donors (Lipinski definition) is 0. The van der Waals surface area contributed by atoms with Gasteiger partial charge in [-0.3, -0.25) is 0 Å². The molecule has 1 fully saturated rings. The van der Waals surface area contributed by atoms with Gasteiger partial charge in [0.05, 0.1) is 17.9 Å². The molecule has 116 valence electrons. The number of carbonyl (C=O) groups excluding carboxylic acids is 1. The summed E-state index contributed by atoms with van der Waals surface area (Å²) in [5.74, 6) is -0.332. The van der Waals surface area contributed by atoms with Gasteiger partial charge in [-0.15, -0.1) is 0 Å². The molecule has 0 aliphatic carbocycles. The van der Waals surface area contributed by atoms with Crippen LogP contribution < -0.4 is 4.90 Å². The van der Waals surface area contributed by atoms with Gasteiger partial charge in [0, 0.05) is 11.0 Å². The molecule has 0 N–H and O–H groups in total. The molecule has 1 saturated heterocycles. The van der Waals surface area contributed by atoms with Crippen molar-refractivity contribution in [2.75, 3.05) is 18.1 Å². The molecule has 0 amide bonds. The molecule has 1 aromatic rings. The van der Waals surface area contributed by atoms with Crippen LogP contribution in [0.2, 0.25) is 0 Å². The highest BCUT2D eigenvalue weighted by molar-refractivity contribution is 9.10. The minimum Gasteiger partial charge on any atom is -0.464 e. The summed E-state index contributed by atoms with van der Waals surface area (Å²) in [6, 6.07) is 3.03. The van der Waals surface area contributed by atoms with Gasteiger partial charge >= 0.3 is 12.1 Å². The quantitative estimate of drug-likeness (QED) is 0.758. The molecule has 1 aromatic carbocycles. The first-order valence-electron chi connectivity index (χ1n) is 6.64. The van der Waals surface area contributed by atoms with Crippen molar-refractivity contribution in [3.63, 3.8) is 0 Å². The average molecular weight is 366 g/mol. The van der Waals surface area contributed by atoms with Crippen molar-refractivity contribution in [3.8, 4) is 0 Å². The van der Waals surface area contributed by atoms with Crippen LogP contribution in [0.3, 0.4) is 0 Å². The average Bonchev–Trinajstić information content (AvgIpc) is 2.86. The van der Waals surface area contributed by atoms with Crippen molar-refractivity contribution in [3.05, 3.63) is 28.2 Å². The molecule has 1 atom stereocenters. The number of hydrogen-bond acceptors (Lipinski definition) is 3. The summed E-state index contributed by atoms with van der Waals surface area (Å²) >= 11 is 3.17. The first-order chi connectivity index (χ1) is 9.84. The fourth-order valence-corrected chi connectivity index (χ4v) is 3.06. The molecule has 0 radical (unpaired) electrons. The van der Waals surface area contributed by atoms with Crippen LogP contribution in [0.15, 0.2) is 22.7 Å². The van der Waals surface area contributed by atoms with Crippen LogP contribution in [0.4, 0.5) is 18.9 Å². The van der Waals surface area contributed by atoms with Crippen LogP contribution in [-0.2, 0) is 15.7 Å². The number of esters is 1. The van der Waals surface area contributed by atoms with Crippen LogP contribution in [0, 0.1) is 0 Å². The molecule has 1 heterocycles. The summed E-state index contributed by atoms with van der Waals surface area (Å²) < 4.78 is 43.4. The molecule has 7 heteroatoms. The fraction of sp³-hybridized carbons (Fsp3) is 0.500. The molecule has 2 rings (SSSR count). The smallest absolute Gasteiger partial charge is 0.416 e. The SMILES string of the molecule is CCOC(=O)C1CCCN1c1ccc(C(F)(F)F)cc1Br. The van der Waals surface area contributed by atoms with Gasteiger partial charge in [-0.25, -0.2) is 4.79 Å². The van der Waals surface area contributed by atoms with Crippen molar-refractivity contribution in [2.24, 2.45) is 0 Å². The summed E-state index contributed by atoms with van der Waals surface area (Å²) in [6.07, 6.45) is -2.93. The number of rotatable bonds is 3. The standard InChI is InChI=1S/C14H15BrF3NO2/c1-2-21-13(20)12-4-3-7-19(12)11-6-5-9(8-10(11)15)14(16,17)18/h5-6,8,12H,2-4,7H2,1H3. The van der Waals surface area contributed by atoms with Crippen molar-refractivity contribution >= 4 is 27.6 Å². The summed E-state index contributed by atoms with van der Waals surface area (Å²) in [4.78, 5) is 13.7. The molecule has 1 unspecified atom stereocenters. The predicted molar refractivity (Wildman–Crippen MR) is 76.1 cm³/mol. The van der Waals surface area contributed by atoms with Crippen molar-refractivity contribution in [2.45, 2.75) is 32.0 Å². The zero-order chi connectivity index (χ0) is 15.6. The summed E-state index contributed by atoms with van der Waals surface area (Å²) in [5, 5.41) is 0. The lowest BCUT2D eigenvalue weighted by Gasteiger charge is -2.26. The van der Waals surface area contributed by atoms with E-state index >= 15 is 0 Å². The molecule has 0 bridgehead atoms. The molecule has 0 saturated carbocycles. The Labute approximate surface area is 129 Å². The van der Waals surface area contributed by atoms with Gasteiger partial charge in [0.25, 0.3) is 0 Å². The second-order valence-corrected chi connectivity index (χ2v) is 5.62. The first kappa shape index (κ1) is 16.1. The largest absolute Gasteiger partial charge is 0.464 e. The first-order valence-corrected chi connectivity index (χ1v) is 7.44. The highest BCUT2D eigenvalue weighted by Crippen LogP contribution is 2.37. The number of nitrogens with zero attached hydrogens (tertiary/aromatic N) is 1.